The van der Waals surface area contributed by atoms with E-state index in [1.165, 1.54) is 17.5 Å². The molecule has 3 heterocycles. The number of aromatic nitrogens is 6. The van der Waals surface area contributed by atoms with Crippen LogP contribution >= 0.6 is 0 Å². The summed E-state index contributed by atoms with van der Waals surface area (Å²) in [6.45, 7) is 6.02. The first-order chi connectivity index (χ1) is 17.4. The van der Waals surface area contributed by atoms with Crippen molar-refractivity contribution in [1.82, 2.24) is 29.5 Å². The number of carbonyl (C=O) groups is 1. The molecule has 9 heteroatoms. The zero-order chi connectivity index (χ0) is 25.2. The van der Waals surface area contributed by atoms with Crippen molar-refractivity contribution in [3.63, 3.8) is 0 Å². The third-order valence-corrected chi connectivity index (χ3v) is 6.18. The van der Waals surface area contributed by atoms with Crippen LogP contribution in [0, 0.1) is 20.8 Å². The quantitative estimate of drug-likeness (QED) is 0.367. The van der Waals surface area contributed by atoms with Crippen LogP contribution in [0.1, 0.15) is 28.8 Å². The van der Waals surface area contributed by atoms with Crippen molar-refractivity contribution in [1.29, 1.82) is 0 Å². The first-order valence-electron chi connectivity index (χ1n) is 11.7. The van der Waals surface area contributed by atoms with Gasteiger partial charge in [0, 0.05) is 12.5 Å². The molecule has 0 atom stereocenters. The van der Waals surface area contributed by atoms with E-state index in [2.05, 4.69) is 51.5 Å². The molecule has 2 aromatic carbocycles. The third kappa shape index (κ3) is 4.55. The standard InChI is InChI=1S/C27H27N7O2/c1-17-5-9-21(13-18(17)2)33-26-23(15-30-33)27(29-16-28-26)34-24(14-19(3)32-34)31-25(35)12-8-20-6-10-22(36-4)11-7-20/h5-7,9-11,13-16H,8,12H2,1-4H3,(H,31,35). The molecule has 5 aromatic rings. The van der Waals surface area contributed by atoms with Crippen molar-refractivity contribution in [2.75, 3.05) is 12.4 Å². The van der Waals surface area contributed by atoms with E-state index in [1.807, 2.05) is 43.3 Å². The highest BCUT2D eigenvalue weighted by Gasteiger charge is 2.18. The number of nitrogens with one attached hydrogen (secondary N) is 1. The highest BCUT2D eigenvalue weighted by atomic mass is 16.5. The summed E-state index contributed by atoms with van der Waals surface area (Å²) in [7, 11) is 1.63. The summed E-state index contributed by atoms with van der Waals surface area (Å²) in [5, 5.41) is 12.9. The summed E-state index contributed by atoms with van der Waals surface area (Å²) in [4.78, 5) is 21.7. The highest BCUT2D eigenvalue weighted by Crippen LogP contribution is 2.25. The SMILES string of the molecule is COc1ccc(CCC(=O)Nc2cc(C)nn2-c2ncnc3c2cnn3-c2ccc(C)c(C)c2)cc1. The van der Waals surface area contributed by atoms with Gasteiger partial charge in [0.25, 0.3) is 0 Å². The average Bonchev–Trinajstić information content (AvgIpc) is 3.48. The van der Waals surface area contributed by atoms with Gasteiger partial charge in [0.05, 0.1) is 30.1 Å². The number of amides is 1. The maximum absolute atomic E-state index is 12.8. The van der Waals surface area contributed by atoms with Crippen molar-refractivity contribution in [3.05, 3.63) is 83.4 Å². The second-order valence-corrected chi connectivity index (χ2v) is 8.74. The van der Waals surface area contributed by atoms with Crippen molar-refractivity contribution >= 4 is 22.8 Å². The highest BCUT2D eigenvalue weighted by molar-refractivity contribution is 5.91. The van der Waals surface area contributed by atoms with Crippen LogP contribution in [-0.2, 0) is 11.2 Å². The Morgan fingerprint density at radius 1 is 0.972 bits per heavy atom. The number of aryl methyl sites for hydroxylation is 4. The van der Waals surface area contributed by atoms with Gasteiger partial charge in [0.1, 0.15) is 17.9 Å². The van der Waals surface area contributed by atoms with E-state index >= 15 is 0 Å². The van der Waals surface area contributed by atoms with Crippen LogP contribution in [0.2, 0.25) is 0 Å². The fraction of sp³-hybridized carbons (Fsp3) is 0.222. The maximum atomic E-state index is 12.8. The molecule has 0 aliphatic rings. The minimum atomic E-state index is -0.108. The lowest BCUT2D eigenvalue weighted by Crippen LogP contribution is -2.16. The minimum absolute atomic E-state index is 0.108. The van der Waals surface area contributed by atoms with Crippen molar-refractivity contribution in [3.8, 4) is 17.3 Å². The first kappa shape index (κ1) is 23.2. The predicted molar refractivity (Wildman–Crippen MR) is 138 cm³/mol. The zero-order valence-corrected chi connectivity index (χ0v) is 20.7. The van der Waals surface area contributed by atoms with Gasteiger partial charge < -0.3 is 10.1 Å². The van der Waals surface area contributed by atoms with Crippen LogP contribution in [0.25, 0.3) is 22.5 Å². The summed E-state index contributed by atoms with van der Waals surface area (Å²) < 4.78 is 8.62. The van der Waals surface area contributed by atoms with Gasteiger partial charge in [-0.2, -0.15) is 14.9 Å². The maximum Gasteiger partial charge on any atom is 0.225 e. The van der Waals surface area contributed by atoms with Gasteiger partial charge >= 0.3 is 0 Å². The van der Waals surface area contributed by atoms with E-state index in [0.29, 0.717) is 30.1 Å². The third-order valence-electron chi connectivity index (χ3n) is 6.18. The van der Waals surface area contributed by atoms with Crippen LogP contribution in [0.4, 0.5) is 5.82 Å². The van der Waals surface area contributed by atoms with E-state index in [1.54, 1.807) is 22.7 Å². The van der Waals surface area contributed by atoms with Gasteiger partial charge in [-0.1, -0.05) is 18.2 Å². The summed E-state index contributed by atoms with van der Waals surface area (Å²) in [6.07, 6.45) is 4.17. The lowest BCUT2D eigenvalue weighted by atomic mass is 10.1. The number of methoxy groups -OCH3 is 1. The first-order valence-corrected chi connectivity index (χ1v) is 11.7. The molecule has 0 aliphatic carbocycles. The number of rotatable bonds is 7. The summed E-state index contributed by atoms with van der Waals surface area (Å²) in [5.41, 5.74) is 5.79. The number of carbonyl (C=O) groups excluding carboxylic acids is 1. The molecule has 0 fully saturated rings. The van der Waals surface area contributed by atoms with E-state index in [-0.39, 0.29) is 5.91 Å². The van der Waals surface area contributed by atoms with E-state index in [0.717, 1.165) is 28.1 Å². The lowest BCUT2D eigenvalue weighted by Gasteiger charge is -2.10. The molecule has 182 valence electrons. The molecule has 0 aliphatic heterocycles. The van der Waals surface area contributed by atoms with Crippen LogP contribution in [0.15, 0.2) is 61.1 Å². The summed E-state index contributed by atoms with van der Waals surface area (Å²) in [6, 6.07) is 15.7. The van der Waals surface area contributed by atoms with Gasteiger partial charge in [-0.25, -0.2) is 14.6 Å². The Labute approximate surface area is 208 Å². The summed E-state index contributed by atoms with van der Waals surface area (Å²) >= 11 is 0. The Balaban J connectivity index is 1.41. The van der Waals surface area contributed by atoms with Crippen LogP contribution < -0.4 is 10.1 Å². The zero-order valence-electron chi connectivity index (χ0n) is 20.7. The van der Waals surface area contributed by atoms with Crippen LogP contribution in [-0.4, -0.2) is 42.5 Å². The van der Waals surface area contributed by atoms with Crippen molar-refractivity contribution in [2.45, 2.75) is 33.6 Å². The number of nitrogens with zero attached hydrogens (tertiary/aromatic N) is 6. The molecule has 0 radical (unpaired) electrons. The van der Waals surface area contributed by atoms with Crippen LogP contribution in [0.5, 0.6) is 5.75 Å². The Morgan fingerprint density at radius 2 is 1.78 bits per heavy atom. The largest absolute Gasteiger partial charge is 0.497 e. The topological polar surface area (TPSA) is 99.8 Å². The average molecular weight is 482 g/mol. The number of ether oxygens (including phenoxy) is 1. The van der Waals surface area contributed by atoms with Crippen molar-refractivity contribution < 1.29 is 9.53 Å². The molecule has 36 heavy (non-hydrogen) atoms. The van der Waals surface area contributed by atoms with E-state index in [4.69, 9.17) is 4.74 Å². The molecule has 0 unspecified atom stereocenters. The molecule has 5 rings (SSSR count). The number of benzene rings is 2. The molecular weight excluding hydrogens is 454 g/mol. The number of hydrogen-bond donors (Lipinski definition) is 1. The van der Waals surface area contributed by atoms with Gasteiger partial charge in [0.2, 0.25) is 5.91 Å². The predicted octanol–water partition coefficient (Wildman–Crippen LogP) is 4.51. The molecule has 0 spiro atoms. The molecule has 0 saturated heterocycles. The van der Waals surface area contributed by atoms with Gasteiger partial charge in [0.15, 0.2) is 11.5 Å². The molecule has 0 saturated carbocycles. The van der Waals surface area contributed by atoms with Gasteiger partial charge in [-0.3, -0.25) is 4.79 Å². The lowest BCUT2D eigenvalue weighted by molar-refractivity contribution is -0.116. The van der Waals surface area contributed by atoms with Gasteiger partial charge in [-0.15, -0.1) is 0 Å². The normalized spacial score (nSPS) is 11.1. The number of fused-ring (bicyclic) bond motifs is 1. The molecular formula is C27H27N7O2. The Bertz CT molecular complexity index is 1550. The van der Waals surface area contributed by atoms with Crippen molar-refractivity contribution in [2.24, 2.45) is 0 Å². The smallest absolute Gasteiger partial charge is 0.225 e. The number of anilines is 1. The monoisotopic (exact) mass is 481 g/mol. The summed E-state index contributed by atoms with van der Waals surface area (Å²) in [5.74, 6) is 1.78. The second-order valence-electron chi connectivity index (χ2n) is 8.74. The fourth-order valence-corrected chi connectivity index (χ4v) is 4.05. The molecule has 3 aromatic heterocycles. The van der Waals surface area contributed by atoms with Crippen LogP contribution in [0.3, 0.4) is 0 Å². The fourth-order valence-electron chi connectivity index (χ4n) is 4.05. The van der Waals surface area contributed by atoms with E-state index < -0.39 is 0 Å². The Hall–Kier alpha value is -4.53. The Kier molecular flexibility index (Phi) is 6.20. The molecule has 9 nitrogen and oxygen atoms in total. The number of hydrogen-bond acceptors (Lipinski definition) is 6. The Morgan fingerprint density at radius 3 is 2.53 bits per heavy atom. The van der Waals surface area contributed by atoms with Gasteiger partial charge in [-0.05, 0) is 68.1 Å². The van der Waals surface area contributed by atoms with E-state index in [9.17, 15) is 4.79 Å². The molecule has 0 bridgehead atoms. The molecule has 1 amide bonds. The minimum Gasteiger partial charge on any atom is -0.497 e. The second kappa shape index (κ2) is 9.61. The molecule has 1 N–H and O–H groups in total.